The Balaban J connectivity index is 2.76. The molecule has 0 aliphatic rings. The van der Waals surface area contributed by atoms with E-state index in [4.69, 9.17) is 11.2 Å². The lowest BCUT2D eigenvalue weighted by Gasteiger charge is -2.22. The van der Waals surface area contributed by atoms with Crippen LogP contribution in [0.3, 0.4) is 0 Å². The number of alkyl carbamates (subject to hydrolysis) is 1. The second-order valence-corrected chi connectivity index (χ2v) is 4.48. The quantitative estimate of drug-likeness (QED) is 0.865. The van der Waals surface area contributed by atoms with E-state index in [2.05, 4.69) is 5.32 Å². The summed E-state index contributed by atoms with van der Waals surface area (Å²) in [6, 6.07) is 7.17. The maximum absolute atomic E-state index is 11.6. The minimum Gasteiger partial charge on any atom is -0.479 e. The molecular formula is C13H17NO4. The highest BCUT2D eigenvalue weighted by atomic mass is 16.6. The Kier molecular flexibility index (Phi) is 3.82. The fourth-order valence-corrected chi connectivity index (χ4v) is 1.33. The first-order valence-corrected chi connectivity index (χ1v) is 5.42. The molecule has 98 valence electrons. The number of nitrogens with one attached hydrogen (secondary N) is 1. The van der Waals surface area contributed by atoms with Gasteiger partial charge in [0.05, 0.1) is 0 Å². The Hall–Kier alpha value is -2.04. The largest absolute Gasteiger partial charge is 0.479 e. The number of rotatable bonds is 3. The summed E-state index contributed by atoms with van der Waals surface area (Å²) < 4.78 is 12.2. The van der Waals surface area contributed by atoms with E-state index in [9.17, 15) is 9.59 Å². The van der Waals surface area contributed by atoms with Gasteiger partial charge in [0.2, 0.25) is 0 Å². The molecule has 2 N–H and O–H groups in total. The first-order valence-electron chi connectivity index (χ1n) is 6.13. The van der Waals surface area contributed by atoms with Crippen molar-refractivity contribution in [1.29, 1.82) is 0 Å². The lowest BCUT2D eigenvalue weighted by molar-refractivity contribution is -0.139. The van der Waals surface area contributed by atoms with Gasteiger partial charge in [0.25, 0.3) is 0 Å². The van der Waals surface area contributed by atoms with Crippen LogP contribution in [0.5, 0.6) is 0 Å². The Morgan fingerprint density at radius 1 is 1.39 bits per heavy atom. The van der Waals surface area contributed by atoms with Gasteiger partial charge >= 0.3 is 12.1 Å². The third-order valence-corrected chi connectivity index (χ3v) is 2.01. The van der Waals surface area contributed by atoms with Gasteiger partial charge in [-0.2, -0.15) is 0 Å². The van der Waals surface area contributed by atoms with Crippen molar-refractivity contribution in [2.24, 2.45) is 0 Å². The van der Waals surface area contributed by atoms with E-state index in [0.29, 0.717) is 5.56 Å². The molecule has 0 heterocycles. The molecule has 1 atom stereocenters. The average molecular weight is 252 g/mol. The predicted octanol–water partition coefficient (Wildman–Crippen LogP) is 2.34. The zero-order valence-electron chi connectivity index (χ0n) is 11.3. The molecule has 0 spiro atoms. The SMILES string of the molecule is [2H]CC(C)(C)OC(=O)NC(C(=O)O)c1ccccc1. The summed E-state index contributed by atoms with van der Waals surface area (Å²) in [4.78, 5) is 22.8. The van der Waals surface area contributed by atoms with Crippen molar-refractivity contribution < 1.29 is 20.8 Å². The van der Waals surface area contributed by atoms with Crippen molar-refractivity contribution in [2.75, 3.05) is 0 Å². The van der Waals surface area contributed by atoms with E-state index in [-0.39, 0.29) is 6.90 Å². The van der Waals surface area contributed by atoms with Crippen molar-refractivity contribution in [3.8, 4) is 0 Å². The lowest BCUT2D eigenvalue weighted by atomic mass is 10.1. The van der Waals surface area contributed by atoms with E-state index in [1.807, 2.05) is 0 Å². The van der Waals surface area contributed by atoms with E-state index in [0.717, 1.165) is 0 Å². The van der Waals surface area contributed by atoms with Gasteiger partial charge in [0.1, 0.15) is 5.60 Å². The first kappa shape index (κ1) is 12.4. The number of amides is 1. The highest BCUT2D eigenvalue weighted by Gasteiger charge is 2.24. The number of ether oxygens (including phenoxy) is 1. The van der Waals surface area contributed by atoms with Crippen LogP contribution < -0.4 is 5.32 Å². The average Bonchev–Trinajstić information content (AvgIpc) is 2.36. The second kappa shape index (κ2) is 5.53. The minimum atomic E-state index is -1.17. The third kappa shape index (κ3) is 4.45. The molecule has 1 amide bonds. The van der Waals surface area contributed by atoms with Crippen LogP contribution in [0, 0.1) is 0 Å². The van der Waals surface area contributed by atoms with Gasteiger partial charge in [-0.15, -0.1) is 0 Å². The molecule has 1 aromatic rings. The van der Waals surface area contributed by atoms with Gasteiger partial charge in [-0.1, -0.05) is 30.3 Å². The summed E-state index contributed by atoms with van der Waals surface area (Å²) >= 11 is 0. The minimum absolute atomic E-state index is 0.108. The molecule has 5 nitrogen and oxygen atoms in total. The van der Waals surface area contributed by atoms with Gasteiger partial charge in [-0.3, -0.25) is 0 Å². The van der Waals surface area contributed by atoms with Crippen LogP contribution in [-0.4, -0.2) is 22.8 Å². The summed E-state index contributed by atoms with van der Waals surface area (Å²) in [6.45, 7) is 3.05. The molecule has 0 saturated heterocycles. The van der Waals surface area contributed by atoms with E-state index in [1.54, 1.807) is 44.2 Å². The van der Waals surface area contributed by atoms with E-state index in [1.165, 1.54) is 0 Å². The lowest BCUT2D eigenvalue weighted by Crippen LogP contribution is -2.38. The van der Waals surface area contributed by atoms with Crippen molar-refractivity contribution in [1.82, 2.24) is 5.32 Å². The van der Waals surface area contributed by atoms with Crippen LogP contribution >= 0.6 is 0 Å². The summed E-state index contributed by atoms with van der Waals surface area (Å²) in [5.74, 6) is -1.17. The molecule has 0 fully saturated rings. The van der Waals surface area contributed by atoms with Crippen LogP contribution in [0.25, 0.3) is 0 Å². The van der Waals surface area contributed by atoms with Gasteiger partial charge in [-0.25, -0.2) is 9.59 Å². The normalized spacial score (nSPS) is 13.3. The zero-order valence-corrected chi connectivity index (χ0v) is 10.3. The third-order valence-electron chi connectivity index (χ3n) is 2.01. The predicted molar refractivity (Wildman–Crippen MR) is 66.2 cm³/mol. The summed E-state index contributed by atoms with van der Waals surface area (Å²) in [5, 5.41) is 11.4. The van der Waals surface area contributed by atoms with Crippen LogP contribution in [0.1, 0.15) is 33.7 Å². The molecule has 1 aromatic carbocycles. The highest BCUT2D eigenvalue weighted by molar-refractivity contribution is 5.81. The van der Waals surface area contributed by atoms with Crippen LogP contribution in [0.2, 0.25) is 0 Å². The van der Waals surface area contributed by atoms with Crippen LogP contribution in [0.4, 0.5) is 4.79 Å². The number of carbonyl (C=O) groups is 2. The van der Waals surface area contributed by atoms with Crippen molar-refractivity contribution >= 4 is 12.1 Å². The molecule has 5 heteroatoms. The van der Waals surface area contributed by atoms with Crippen molar-refractivity contribution in [3.63, 3.8) is 0 Å². The highest BCUT2D eigenvalue weighted by Crippen LogP contribution is 2.14. The number of hydrogen-bond acceptors (Lipinski definition) is 3. The van der Waals surface area contributed by atoms with Gasteiger partial charge in [0, 0.05) is 1.37 Å². The molecule has 0 bridgehead atoms. The number of benzene rings is 1. The van der Waals surface area contributed by atoms with Gasteiger partial charge in [-0.05, 0) is 26.3 Å². The fraction of sp³-hybridized carbons (Fsp3) is 0.385. The molecule has 0 saturated carbocycles. The molecular weight excluding hydrogens is 234 g/mol. The summed E-state index contributed by atoms with van der Waals surface area (Å²) in [7, 11) is 0. The molecule has 18 heavy (non-hydrogen) atoms. The Bertz CT molecular complexity index is 447. The van der Waals surface area contributed by atoms with E-state index >= 15 is 0 Å². The van der Waals surface area contributed by atoms with Gasteiger partial charge in [0.15, 0.2) is 6.04 Å². The maximum Gasteiger partial charge on any atom is 0.408 e. The molecule has 1 unspecified atom stereocenters. The summed E-state index contributed by atoms with van der Waals surface area (Å²) in [6.07, 6.45) is -0.853. The molecule has 0 aliphatic heterocycles. The number of carboxylic acid groups (broad SMARTS) is 1. The molecule has 0 aliphatic carbocycles. The Morgan fingerprint density at radius 3 is 2.50 bits per heavy atom. The Morgan fingerprint density at radius 2 is 2.00 bits per heavy atom. The molecule has 1 rings (SSSR count). The van der Waals surface area contributed by atoms with Crippen molar-refractivity contribution in [3.05, 3.63) is 35.9 Å². The first-order chi connectivity index (χ1) is 8.85. The second-order valence-electron chi connectivity index (χ2n) is 4.48. The fourth-order valence-electron chi connectivity index (χ4n) is 1.33. The number of carboxylic acids is 1. The standard InChI is InChI=1S/C13H17NO4/c1-13(2,3)18-12(17)14-10(11(15)16)9-7-5-4-6-8-9/h4-8,10H,1-3H3,(H,14,17)(H,15,16)/i1D. The van der Waals surface area contributed by atoms with Crippen molar-refractivity contribution in [2.45, 2.75) is 32.4 Å². The van der Waals surface area contributed by atoms with Gasteiger partial charge < -0.3 is 15.2 Å². The molecule has 0 radical (unpaired) electrons. The van der Waals surface area contributed by atoms with E-state index < -0.39 is 23.7 Å². The maximum atomic E-state index is 11.6. The number of aliphatic carboxylic acids is 1. The Labute approximate surface area is 107 Å². The zero-order chi connectivity index (χ0) is 14.5. The molecule has 0 aromatic heterocycles. The number of hydrogen-bond donors (Lipinski definition) is 2. The van der Waals surface area contributed by atoms with Crippen LogP contribution in [-0.2, 0) is 9.53 Å². The van der Waals surface area contributed by atoms with Crippen LogP contribution in [0.15, 0.2) is 30.3 Å². The monoisotopic (exact) mass is 252 g/mol. The smallest absolute Gasteiger partial charge is 0.408 e. The number of carbonyl (C=O) groups excluding carboxylic acids is 1. The summed E-state index contributed by atoms with van der Waals surface area (Å²) in [5.41, 5.74) is -0.500. The topological polar surface area (TPSA) is 75.6 Å².